The molecule has 10 nitrogen and oxygen atoms in total. The average molecular weight is 744 g/mol. The molecule has 0 aliphatic heterocycles. The van der Waals surface area contributed by atoms with E-state index in [2.05, 4.69) is 71.6 Å². The van der Waals surface area contributed by atoms with E-state index in [1.165, 1.54) is 51.0 Å². The minimum atomic E-state index is -1.18. The van der Waals surface area contributed by atoms with Crippen LogP contribution in [0.4, 0.5) is 0 Å². The van der Waals surface area contributed by atoms with Gasteiger partial charge in [-0.25, -0.2) is 0 Å². The van der Waals surface area contributed by atoms with Crippen molar-refractivity contribution in [1.29, 1.82) is 0 Å². The third-order valence-electron chi connectivity index (χ3n) is 12.0. The smallest absolute Gasteiger partial charge is 0.308 e. The van der Waals surface area contributed by atoms with E-state index in [4.69, 9.17) is 10.5 Å². The van der Waals surface area contributed by atoms with Gasteiger partial charge in [-0.1, -0.05) is 70.7 Å². The predicted octanol–water partition coefficient (Wildman–Crippen LogP) is 5.56. The van der Waals surface area contributed by atoms with Crippen LogP contribution in [0.1, 0.15) is 129 Å². The Morgan fingerprint density at radius 2 is 1.55 bits per heavy atom. The molecular weight excluding hydrogens is 668 g/mol. The molecule has 1 aromatic carbocycles. The molecule has 302 valence electrons. The Kier molecular flexibility index (Phi) is 19.5. The summed E-state index contributed by atoms with van der Waals surface area (Å²) in [5.74, 6) is -4.34. The van der Waals surface area contributed by atoms with Crippen molar-refractivity contribution in [3.8, 4) is 0 Å². The van der Waals surface area contributed by atoms with Crippen molar-refractivity contribution in [2.24, 2.45) is 35.3 Å². The predicted molar refractivity (Wildman–Crippen MR) is 210 cm³/mol. The first-order valence-corrected chi connectivity index (χ1v) is 20.6. The van der Waals surface area contributed by atoms with Crippen molar-refractivity contribution in [2.45, 2.75) is 130 Å². The molecule has 1 aliphatic rings. The van der Waals surface area contributed by atoms with Crippen LogP contribution in [-0.4, -0.2) is 93.2 Å². The van der Waals surface area contributed by atoms with Gasteiger partial charge in [0.1, 0.15) is 19.7 Å². The molecule has 7 unspecified atom stereocenters. The minimum absolute atomic E-state index is 0.0516. The van der Waals surface area contributed by atoms with Gasteiger partial charge in [0, 0.05) is 36.3 Å². The summed E-state index contributed by atoms with van der Waals surface area (Å²) in [6, 6.07) is 8.46. The number of amides is 2. The summed E-state index contributed by atoms with van der Waals surface area (Å²) >= 11 is 0. The summed E-state index contributed by atoms with van der Waals surface area (Å²) in [6.45, 7) is 13.7. The van der Waals surface area contributed by atoms with Crippen molar-refractivity contribution >= 4 is 23.8 Å². The van der Waals surface area contributed by atoms with Gasteiger partial charge in [0.15, 0.2) is 0 Å². The lowest BCUT2D eigenvalue weighted by molar-refractivity contribution is -0.901. The molecule has 0 radical (unpaired) electrons. The SMILES string of the molecule is CCCCCCCC[N+](C)(C)CCOC(=O)C(C)CC(CC1CC(NC(C)=O)CC1C(CC(CC)C(N)=O)C(=O)[O-])c1ccc(C[N+](C)(C)CC)cc1. The number of hydrogen-bond acceptors (Lipinski definition) is 6. The highest BCUT2D eigenvalue weighted by molar-refractivity contribution is 5.78. The Morgan fingerprint density at radius 3 is 2.11 bits per heavy atom. The van der Waals surface area contributed by atoms with Crippen molar-refractivity contribution in [1.82, 2.24) is 5.32 Å². The Hall–Kier alpha value is -2.98. The van der Waals surface area contributed by atoms with Crippen LogP contribution in [0.15, 0.2) is 24.3 Å². The van der Waals surface area contributed by atoms with E-state index in [1.807, 2.05) is 13.8 Å². The topological polar surface area (TPSA) is 139 Å². The second kappa shape index (κ2) is 22.4. The second-order valence-electron chi connectivity index (χ2n) is 17.5. The number of primary amides is 1. The fraction of sp³-hybridized carbons (Fsp3) is 0.767. The largest absolute Gasteiger partial charge is 0.550 e. The van der Waals surface area contributed by atoms with Crippen LogP contribution in [0.25, 0.3) is 0 Å². The molecule has 1 fully saturated rings. The summed E-state index contributed by atoms with van der Waals surface area (Å²) in [6.07, 6.45) is 10.4. The number of carbonyl (C=O) groups excluding carboxylic acids is 4. The number of likely N-dealkylation sites (N-methyl/N-ethyl adjacent to an activating group) is 1. The lowest BCUT2D eigenvalue weighted by atomic mass is 9.73. The highest BCUT2D eigenvalue weighted by Gasteiger charge is 2.42. The summed E-state index contributed by atoms with van der Waals surface area (Å²) in [7, 11) is 8.81. The molecule has 3 N–H and O–H groups in total. The standard InChI is InChI=1S/C43H74N4O6/c1-10-13-14-15-16-17-22-47(8,9)23-24-53-43(52)31(4)25-36(35-20-18-33(19-21-35)30-46(6,7)12-3)26-37-27-38(45-32(5)48)29-39(37)40(42(50)51)28-34(11-2)41(44)49/h18-21,31,34,36-40H,10-17,22-30H2,1-9H3,(H2-2,44,45,48,49,50,51)/p+1. The van der Waals surface area contributed by atoms with Crippen molar-refractivity contribution in [3.05, 3.63) is 35.4 Å². The van der Waals surface area contributed by atoms with Crippen LogP contribution in [0.3, 0.4) is 0 Å². The molecule has 0 saturated heterocycles. The molecule has 1 saturated carbocycles. The van der Waals surface area contributed by atoms with Gasteiger partial charge in [-0.15, -0.1) is 0 Å². The van der Waals surface area contributed by atoms with Gasteiger partial charge in [0.05, 0.1) is 47.2 Å². The maximum absolute atomic E-state index is 13.5. The lowest BCUT2D eigenvalue weighted by Crippen LogP contribution is -2.43. The van der Waals surface area contributed by atoms with Gasteiger partial charge in [-0.05, 0) is 81.6 Å². The molecule has 10 heteroatoms. The van der Waals surface area contributed by atoms with Gasteiger partial charge in [0.25, 0.3) is 0 Å². The Morgan fingerprint density at radius 1 is 0.906 bits per heavy atom. The Balaban J connectivity index is 2.29. The van der Waals surface area contributed by atoms with Crippen LogP contribution in [-0.2, 0) is 30.5 Å². The fourth-order valence-corrected chi connectivity index (χ4v) is 8.29. The molecule has 1 aromatic rings. The molecule has 7 atom stereocenters. The summed E-state index contributed by atoms with van der Waals surface area (Å²) in [5.41, 5.74) is 7.99. The van der Waals surface area contributed by atoms with Crippen LogP contribution >= 0.6 is 0 Å². The van der Waals surface area contributed by atoms with Crippen LogP contribution in [0.2, 0.25) is 0 Å². The number of carboxylic acid groups (broad SMARTS) is 1. The minimum Gasteiger partial charge on any atom is -0.550 e. The molecule has 2 amide bonds. The van der Waals surface area contributed by atoms with E-state index in [-0.39, 0.29) is 48.0 Å². The van der Waals surface area contributed by atoms with Gasteiger partial charge >= 0.3 is 5.97 Å². The summed E-state index contributed by atoms with van der Waals surface area (Å²) in [4.78, 5) is 50.5. The first kappa shape index (κ1) is 46.2. The van der Waals surface area contributed by atoms with E-state index in [0.29, 0.717) is 38.7 Å². The van der Waals surface area contributed by atoms with E-state index >= 15 is 0 Å². The molecule has 0 bridgehead atoms. The van der Waals surface area contributed by atoms with E-state index < -0.39 is 23.7 Å². The number of benzene rings is 1. The highest BCUT2D eigenvalue weighted by Crippen LogP contribution is 2.46. The second-order valence-corrected chi connectivity index (χ2v) is 17.5. The summed E-state index contributed by atoms with van der Waals surface area (Å²) < 4.78 is 7.56. The fourth-order valence-electron chi connectivity index (χ4n) is 8.29. The normalized spacial score (nSPS) is 20.0. The maximum atomic E-state index is 13.5. The maximum Gasteiger partial charge on any atom is 0.308 e. The first-order valence-electron chi connectivity index (χ1n) is 20.6. The van der Waals surface area contributed by atoms with Gasteiger partial charge < -0.3 is 34.7 Å². The van der Waals surface area contributed by atoms with E-state index in [0.717, 1.165) is 40.7 Å². The number of nitrogens with one attached hydrogen (secondary N) is 1. The zero-order valence-corrected chi connectivity index (χ0v) is 34.8. The van der Waals surface area contributed by atoms with Gasteiger partial charge in [-0.2, -0.15) is 0 Å². The number of nitrogens with two attached hydrogens (primary N) is 1. The third-order valence-corrected chi connectivity index (χ3v) is 12.0. The number of nitrogens with zero attached hydrogens (tertiary/aromatic N) is 2. The molecule has 0 aromatic heterocycles. The monoisotopic (exact) mass is 744 g/mol. The Bertz CT molecular complexity index is 1280. The number of carbonyl (C=O) groups is 4. The number of aliphatic carboxylic acids is 1. The van der Waals surface area contributed by atoms with Crippen LogP contribution in [0, 0.1) is 29.6 Å². The van der Waals surface area contributed by atoms with Crippen LogP contribution < -0.4 is 16.2 Å². The van der Waals surface area contributed by atoms with E-state index in [9.17, 15) is 24.3 Å². The average Bonchev–Trinajstić information content (AvgIpc) is 3.46. The van der Waals surface area contributed by atoms with Crippen molar-refractivity contribution in [2.75, 3.05) is 54.4 Å². The number of quaternary nitrogens is 2. The molecule has 1 aliphatic carbocycles. The zero-order chi connectivity index (χ0) is 39.8. The van der Waals surface area contributed by atoms with E-state index in [1.54, 1.807) is 0 Å². The molecule has 0 heterocycles. The number of ether oxygens (including phenoxy) is 1. The number of unbranched alkanes of at least 4 members (excludes halogenated alkanes) is 5. The third kappa shape index (κ3) is 16.5. The number of esters is 1. The quantitative estimate of drug-likeness (QED) is 0.0724. The lowest BCUT2D eigenvalue weighted by Gasteiger charge is -2.34. The summed E-state index contributed by atoms with van der Waals surface area (Å²) in [5, 5.41) is 15.7. The molecular formula is C43H75N4O6+. The number of hydrogen-bond donors (Lipinski definition) is 2. The zero-order valence-electron chi connectivity index (χ0n) is 34.8. The molecule has 0 spiro atoms. The van der Waals surface area contributed by atoms with Gasteiger partial charge in [-0.3, -0.25) is 14.4 Å². The molecule has 53 heavy (non-hydrogen) atoms. The Labute approximate surface area is 321 Å². The number of rotatable bonds is 26. The van der Waals surface area contributed by atoms with Crippen molar-refractivity contribution < 1.29 is 38.0 Å². The van der Waals surface area contributed by atoms with Crippen LogP contribution in [0.5, 0.6) is 0 Å². The number of carboxylic acids is 1. The molecule has 2 rings (SSSR count). The van der Waals surface area contributed by atoms with Gasteiger partial charge in [0.2, 0.25) is 11.8 Å². The first-order chi connectivity index (χ1) is 24.9. The highest BCUT2D eigenvalue weighted by atomic mass is 16.5. The van der Waals surface area contributed by atoms with Crippen molar-refractivity contribution in [3.63, 3.8) is 0 Å².